The average Bonchev–Trinajstić information content (AvgIpc) is 3.47. The Morgan fingerprint density at radius 2 is 1.77 bits per heavy atom. The van der Waals surface area contributed by atoms with Crippen LogP contribution in [0.15, 0.2) is 41.1 Å². The van der Waals surface area contributed by atoms with Gasteiger partial charge in [-0.05, 0) is 56.9 Å². The molecule has 3 saturated heterocycles. The van der Waals surface area contributed by atoms with Crippen molar-refractivity contribution in [2.75, 3.05) is 43.7 Å². The molecule has 2 bridgehead atoms. The maximum Gasteiger partial charge on any atom is 0.324 e. The summed E-state index contributed by atoms with van der Waals surface area (Å²) in [5.74, 6) is 1.88. The highest BCUT2D eigenvalue weighted by Gasteiger charge is 2.51. The molecule has 1 aromatic carbocycles. The van der Waals surface area contributed by atoms with Crippen LogP contribution in [0.25, 0.3) is 11.4 Å². The molecule has 1 spiro atoms. The molecule has 9 heteroatoms. The third kappa shape index (κ3) is 4.07. The van der Waals surface area contributed by atoms with Gasteiger partial charge in [-0.3, -0.25) is 4.98 Å². The van der Waals surface area contributed by atoms with E-state index in [0.29, 0.717) is 42.0 Å². The topological polar surface area (TPSA) is 86.0 Å². The summed E-state index contributed by atoms with van der Waals surface area (Å²) >= 11 is 0. The van der Waals surface area contributed by atoms with Gasteiger partial charge in [0.15, 0.2) is 0 Å². The zero-order valence-electron chi connectivity index (χ0n) is 20.4. The molecule has 0 N–H and O–H groups in total. The Kier molecular flexibility index (Phi) is 5.51. The molecule has 0 amide bonds. The number of hydrogen-bond acceptors (Lipinski definition) is 9. The van der Waals surface area contributed by atoms with E-state index in [0.717, 1.165) is 37.2 Å². The van der Waals surface area contributed by atoms with Crippen molar-refractivity contribution >= 4 is 11.7 Å². The lowest BCUT2D eigenvalue weighted by Gasteiger charge is -2.50. The monoisotopic (exact) mass is 477 g/mol. The molecule has 35 heavy (non-hydrogen) atoms. The molecule has 3 fully saturated rings. The highest BCUT2D eigenvalue weighted by molar-refractivity contribution is 5.61. The largest absolute Gasteiger partial charge is 0.497 e. The number of aromatic nitrogens is 3. The Morgan fingerprint density at radius 1 is 1.03 bits per heavy atom. The van der Waals surface area contributed by atoms with Crippen LogP contribution in [0.5, 0.6) is 11.5 Å². The molecule has 6 rings (SSSR count). The Bertz CT molecular complexity index is 1180. The van der Waals surface area contributed by atoms with Gasteiger partial charge in [0.05, 0.1) is 33.0 Å². The van der Waals surface area contributed by atoms with E-state index in [2.05, 4.69) is 39.0 Å². The van der Waals surface area contributed by atoms with Crippen molar-refractivity contribution in [3.05, 3.63) is 42.2 Å². The Hall–Kier alpha value is -3.33. The van der Waals surface area contributed by atoms with Crippen molar-refractivity contribution in [1.82, 2.24) is 15.1 Å². The molecular weight excluding hydrogens is 446 g/mol. The number of fused-ring (bicyclic) bond motifs is 2. The average molecular weight is 478 g/mol. The third-order valence-corrected chi connectivity index (χ3v) is 7.56. The summed E-state index contributed by atoms with van der Waals surface area (Å²) < 4.78 is 23.0. The van der Waals surface area contributed by atoms with Gasteiger partial charge in [0.1, 0.15) is 11.5 Å². The van der Waals surface area contributed by atoms with E-state index in [9.17, 15) is 0 Å². The van der Waals surface area contributed by atoms with E-state index in [1.807, 2.05) is 24.4 Å². The fraction of sp³-hybridized carbons (Fsp3) is 0.500. The molecule has 9 nitrogen and oxygen atoms in total. The fourth-order valence-corrected chi connectivity index (χ4v) is 6.07. The molecule has 3 aliphatic heterocycles. The van der Waals surface area contributed by atoms with Gasteiger partial charge in [-0.15, -0.1) is 0 Å². The smallest absolute Gasteiger partial charge is 0.324 e. The second-order valence-electron chi connectivity index (χ2n) is 9.81. The minimum atomic E-state index is -0.198. The summed E-state index contributed by atoms with van der Waals surface area (Å²) in [6.45, 7) is 4.19. The maximum absolute atomic E-state index is 6.50. The lowest BCUT2D eigenvalue weighted by Crippen LogP contribution is -2.60. The lowest BCUT2D eigenvalue weighted by molar-refractivity contribution is -0.0805. The number of anilines is 2. The van der Waals surface area contributed by atoms with Crippen LogP contribution in [0, 0.1) is 6.92 Å². The van der Waals surface area contributed by atoms with Gasteiger partial charge >= 0.3 is 6.01 Å². The minimum Gasteiger partial charge on any atom is -0.497 e. The van der Waals surface area contributed by atoms with Crippen molar-refractivity contribution in [2.24, 2.45) is 0 Å². The van der Waals surface area contributed by atoms with E-state index in [1.165, 1.54) is 18.5 Å². The first-order chi connectivity index (χ1) is 17.1. The van der Waals surface area contributed by atoms with Crippen molar-refractivity contribution < 1.29 is 18.7 Å². The molecule has 0 saturated carbocycles. The molecule has 2 aromatic heterocycles. The van der Waals surface area contributed by atoms with Gasteiger partial charge in [-0.2, -0.15) is 4.98 Å². The highest BCUT2D eigenvalue weighted by Crippen LogP contribution is 2.46. The van der Waals surface area contributed by atoms with Gasteiger partial charge in [0.25, 0.3) is 0 Å². The first-order valence-corrected chi connectivity index (χ1v) is 12.2. The number of pyridine rings is 1. The number of methoxy groups -OCH3 is 2. The molecule has 184 valence electrons. The first-order valence-electron chi connectivity index (χ1n) is 12.2. The van der Waals surface area contributed by atoms with E-state index in [1.54, 1.807) is 14.2 Å². The van der Waals surface area contributed by atoms with E-state index < -0.39 is 0 Å². The number of benzene rings is 1. The van der Waals surface area contributed by atoms with Crippen LogP contribution in [-0.2, 0) is 4.74 Å². The normalized spacial score (nSPS) is 25.8. The Balaban J connectivity index is 1.21. The van der Waals surface area contributed by atoms with Crippen LogP contribution in [-0.4, -0.2) is 66.7 Å². The van der Waals surface area contributed by atoms with Gasteiger partial charge in [-0.1, -0.05) is 5.16 Å². The predicted molar refractivity (Wildman–Crippen MR) is 131 cm³/mol. The number of morpholine rings is 1. The van der Waals surface area contributed by atoms with Gasteiger partial charge in [-0.25, -0.2) is 0 Å². The third-order valence-electron chi connectivity index (χ3n) is 7.56. The van der Waals surface area contributed by atoms with Gasteiger partial charge in [0.2, 0.25) is 5.82 Å². The van der Waals surface area contributed by atoms with Crippen LogP contribution < -0.4 is 19.3 Å². The summed E-state index contributed by atoms with van der Waals surface area (Å²) in [6, 6.07) is 11.4. The molecule has 3 aromatic rings. The van der Waals surface area contributed by atoms with E-state index >= 15 is 0 Å². The second kappa shape index (κ2) is 8.71. The van der Waals surface area contributed by atoms with Gasteiger partial charge < -0.3 is 28.5 Å². The van der Waals surface area contributed by atoms with Crippen LogP contribution in [0.2, 0.25) is 0 Å². The molecule has 0 radical (unpaired) electrons. The summed E-state index contributed by atoms with van der Waals surface area (Å²) in [4.78, 5) is 13.9. The van der Waals surface area contributed by atoms with Crippen LogP contribution >= 0.6 is 0 Å². The molecule has 3 atom stereocenters. The Labute approximate surface area is 205 Å². The van der Waals surface area contributed by atoms with Crippen molar-refractivity contribution in [1.29, 1.82) is 0 Å². The first kappa shape index (κ1) is 22.2. The number of piperidine rings is 1. The number of rotatable bonds is 5. The molecule has 3 aliphatic rings. The number of aryl methyl sites for hydroxylation is 1. The van der Waals surface area contributed by atoms with E-state index in [4.69, 9.17) is 23.7 Å². The quantitative estimate of drug-likeness (QED) is 0.544. The predicted octanol–water partition coefficient (Wildman–Crippen LogP) is 3.86. The number of nitrogens with zero attached hydrogens (tertiary/aromatic N) is 5. The molecule has 0 aliphatic carbocycles. The molecular formula is C26H31N5O4. The van der Waals surface area contributed by atoms with Crippen molar-refractivity contribution in [3.8, 4) is 22.9 Å². The molecule has 1 unspecified atom stereocenters. The van der Waals surface area contributed by atoms with E-state index in [-0.39, 0.29) is 5.60 Å². The zero-order chi connectivity index (χ0) is 24.0. The number of hydrogen-bond donors (Lipinski definition) is 0. The second-order valence-corrected chi connectivity index (χ2v) is 9.81. The summed E-state index contributed by atoms with van der Waals surface area (Å²) in [5, 5.41) is 4.25. The van der Waals surface area contributed by atoms with Crippen LogP contribution in [0.4, 0.5) is 11.7 Å². The maximum atomic E-state index is 6.50. The summed E-state index contributed by atoms with van der Waals surface area (Å²) in [6.07, 6.45) is 6.29. The van der Waals surface area contributed by atoms with Crippen LogP contribution in [0.1, 0.15) is 31.4 Å². The summed E-state index contributed by atoms with van der Waals surface area (Å²) in [5.41, 5.74) is 2.93. The summed E-state index contributed by atoms with van der Waals surface area (Å²) in [7, 11) is 3.25. The zero-order valence-corrected chi connectivity index (χ0v) is 20.4. The standard InChI is InChI=1S/C26H31N5O4/c1-17-10-19(6-7-27-17)31-20-4-5-21(31)15-26(14-20)16-30(8-9-34-26)25-28-24(29-35-25)18-11-22(32-2)13-23(12-18)33-3/h6-7,10-13,20-21H,4-5,8-9,14-16H2,1-3H3/t20-,21+,26?. The number of ether oxygens (including phenoxy) is 3. The van der Waals surface area contributed by atoms with Crippen molar-refractivity contribution in [3.63, 3.8) is 0 Å². The fourth-order valence-electron chi connectivity index (χ4n) is 6.07. The van der Waals surface area contributed by atoms with Crippen LogP contribution in [0.3, 0.4) is 0 Å². The minimum absolute atomic E-state index is 0.198. The lowest BCUT2D eigenvalue weighted by atomic mass is 9.84. The van der Waals surface area contributed by atoms with Crippen molar-refractivity contribution in [2.45, 2.75) is 50.3 Å². The van der Waals surface area contributed by atoms with Gasteiger partial charge in [0, 0.05) is 47.8 Å². The SMILES string of the molecule is COc1cc(OC)cc(-c2noc(N3CCOC4(C[C@H]5CC[C@@H](C4)N5c4ccnc(C)c4)C3)n2)c1. The molecule has 5 heterocycles. The highest BCUT2D eigenvalue weighted by atomic mass is 16.5. The Morgan fingerprint density at radius 3 is 2.46 bits per heavy atom.